The van der Waals surface area contributed by atoms with Gasteiger partial charge < -0.3 is 15.0 Å². The van der Waals surface area contributed by atoms with Crippen LogP contribution in [0.2, 0.25) is 0 Å². The topological polar surface area (TPSA) is 62.8 Å². The van der Waals surface area contributed by atoms with Crippen LogP contribution >= 0.6 is 0 Å². The van der Waals surface area contributed by atoms with Gasteiger partial charge in [-0.3, -0.25) is 0 Å². The SMILES string of the molecule is FC(F)(F)Oc1ccc(Nc2cc(-c3c[nH]c4ccccc34)ncn2)cc1. The number of nitrogens with one attached hydrogen (secondary N) is 2. The number of para-hydroxylation sites is 1. The zero-order chi connectivity index (χ0) is 18.9. The van der Waals surface area contributed by atoms with Crippen molar-refractivity contribution in [2.24, 2.45) is 0 Å². The summed E-state index contributed by atoms with van der Waals surface area (Å²) in [6.45, 7) is 0. The first-order valence-corrected chi connectivity index (χ1v) is 7.99. The maximum atomic E-state index is 12.2. The molecule has 0 saturated heterocycles. The van der Waals surface area contributed by atoms with Crippen molar-refractivity contribution in [2.75, 3.05) is 5.32 Å². The average molecular weight is 370 g/mol. The van der Waals surface area contributed by atoms with E-state index in [0.29, 0.717) is 11.5 Å². The molecule has 2 aromatic heterocycles. The van der Waals surface area contributed by atoms with Crippen molar-refractivity contribution in [2.45, 2.75) is 6.36 Å². The summed E-state index contributed by atoms with van der Waals surface area (Å²) >= 11 is 0. The second-order valence-corrected chi connectivity index (χ2v) is 5.73. The van der Waals surface area contributed by atoms with Gasteiger partial charge >= 0.3 is 6.36 Å². The number of ether oxygens (including phenoxy) is 1. The number of hydrogen-bond donors (Lipinski definition) is 2. The molecular weight excluding hydrogens is 357 g/mol. The number of halogens is 3. The molecule has 0 atom stereocenters. The van der Waals surface area contributed by atoms with Crippen LogP contribution in [0.1, 0.15) is 0 Å². The molecule has 0 fully saturated rings. The summed E-state index contributed by atoms with van der Waals surface area (Å²) in [7, 11) is 0. The molecule has 5 nitrogen and oxygen atoms in total. The first-order valence-electron chi connectivity index (χ1n) is 7.99. The molecule has 2 N–H and O–H groups in total. The van der Waals surface area contributed by atoms with Crippen molar-refractivity contribution in [1.29, 1.82) is 0 Å². The van der Waals surface area contributed by atoms with E-state index in [1.807, 2.05) is 30.5 Å². The number of anilines is 2. The van der Waals surface area contributed by atoms with Crippen LogP contribution in [0.5, 0.6) is 5.75 Å². The minimum atomic E-state index is -4.71. The molecule has 27 heavy (non-hydrogen) atoms. The van der Waals surface area contributed by atoms with Gasteiger partial charge in [-0.1, -0.05) is 18.2 Å². The smallest absolute Gasteiger partial charge is 0.406 e. The summed E-state index contributed by atoms with van der Waals surface area (Å²) in [5, 5.41) is 4.08. The van der Waals surface area contributed by atoms with Gasteiger partial charge in [0.1, 0.15) is 17.9 Å². The Morgan fingerprint density at radius 3 is 2.52 bits per heavy atom. The third-order valence-electron chi connectivity index (χ3n) is 3.89. The number of aromatic amines is 1. The summed E-state index contributed by atoms with van der Waals surface area (Å²) in [6, 6.07) is 15.1. The van der Waals surface area contributed by atoms with E-state index < -0.39 is 6.36 Å². The van der Waals surface area contributed by atoms with E-state index in [9.17, 15) is 13.2 Å². The standard InChI is InChI=1S/C19H13F3N4O/c20-19(21,22)27-13-7-5-12(6-8-13)26-18-9-17(24-11-25-18)15-10-23-16-4-2-1-3-14(15)16/h1-11,23H,(H,24,25,26). The molecule has 2 heterocycles. The predicted octanol–water partition coefficient (Wildman–Crippen LogP) is 5.27. The summed E-state index contributed by atoms with van der Waals surface area (Å²) in [6.07, 6.45) is -1.41. The third kappa shape index (κ3) is 3.84. The molecule has 0 radical (unpaired) electrons. The molecule has 8 heteroatoms. The van der Waals surface area contributed by atoms with Crippen molar-refractivity contribution in [3.63, 3.8) is 0 Å². The van der Waals surface area contributed by atoms with Crippen LogP contribution < -0.4 is 10.1 Å². The van der Waals surface area contributed by atoms with Gasteiger partial charge in [-0.25, -0.2) is 9.97 Å². The molecule has 0 aliphatic carbocycles. The summed E-state index contributed by atoms with van der Waals surface area (Å²) in [5.74, 6) is 0.241. The number of benzene rings is 2. The number of nitrogens with zero attached hydrogens (tertiary/aromatic N) is 2. The van der Waals surface area contributed by atoms with Crippen molar-refractivity contribution in [3.8, 4) is 17.0 Å². The summed E-state index contributed by atoms with van der Waals surface area (Å²) in [4.78, 5) is 11.7. The first kappa shape index (κ1) is 16.9. The Morgan fingerprint density at radius 1 is 0.963 bits per heavy atom. The van der Waals surface area contributed by atoms with Crippen molar-refractivity contribution >= 4 is 22.4 Å². The molecule has 0 amide bonds. The molecular formula is C19H13F3N4O. The fourth-order valence-corrected chi connectivity index (χ4v) is 2.74. The van der Waals surface area contributed by atoms with Crippen LogP contribution in [0.3, 0.4) is 0 Å². The highest BCUT2D eigenvalue weighted by atomic mass is 19.4. The number of alkyl halides is 3. The van der Waals surface area contributed by atoms with Gasteiger partial charge in [-0.15, -0.1) is 13.2 Å². The average Bonchev–Trinajstić information content (AvgIpc) is 3.07. The molecule has 4 rings (SSSR count). The number of rotatable bonds is 4. The van der Waals surface area contributed by atoms with Gasteiger partial charge in [0.05, 0.1) is 5.69 Å². The van der Waals surface area contributed by atoms with Crippen LogP contribution in [0.4, 0.5) is 24.7 Å². The van der Waals surface area contributed by atoms with E-state index in [4.69, 9.17) is 0 Å². The quantitative estimate of drug-likeness (QED) is 0.514. The highest BCUT2D eigenvalue weighted by Gasteiger charge is 2.30. The molecule has 4 aromatic rings. The predicted molar refractivity (Wildman–Crippen MR) is 95.7 cm³/mol. The lowest BCUT2D eigenvalue weighted by Gasteiger charge is -2.10. The largest absolute Gasteiger partial charge is 0.573 e. The molecule has 0 saturated carbocycles. The molecule has 0 aliphatic heterocycles. The molecule has 2 aromatic carbocycles. The van der Waals surface area contributed by atoms with Gasteiger partial charge in [0.25, 0.3) is 0 Å². The van der Waals surface area contributed by atoms with Crippen molar-refractivity contribution in [1.82, 2.24) is 15.0 Å². The number of fused-ring (bicyclic) bond motifs is 1. The maximum Gasteiger partial charge on any atom is 0.573 e. The number of aromatic nitrogens is 3. The third-order valence-corrected chi connectivity index (χ3v) is 3.89. The van der Waals surface area contributed by atoms with Crippen molar-refractivity contribution < 1.29 is 17.9 Å². The van der Waals surface area contributed by atoms with Gasteiger partial charge in [-0.05, 0) is 30.3 Å². The van der Waals surface area contributed by atoms with Gasteiger partial charge in [0.15, 0.2) is 0 Å². The lowest BCUT2D eigenvalue weighted by atomic mass is 10.1. The zero-order valence-electron chi connectivity index (χ0n) is 13.8. The highest BCUT2D eigenvalue weighted by Crippen LogP contribution is 2.29. The number of H-pyrrole nitrogens is 1. The lowest BCUT2D eigenvalue weighted by molar-refractivity contribution is -0.274. The second-order valence-electron chi connectivity index (χ2n) is 5.73. The monoisotopic (exact) mass is 370 g/mol. The Kier molecular flexibility index (Phi) is 4.15. The maximum absolute atomic E-state index is 12.2. The van der Waals surface area contributed by atoms with E-state index in [2.05, 4.69) is 25.0 Å². The van der Waals surface area contributed by atoms with Crippen LogP contribution in [0.25, 0.3) is 22.2 Å². The summed E-state index contributed by atoms with van der Waals surface area (Å²) in [5.41, 5.74) is 3.24. The minimum absolute atomic E-state index is 0.282. The van der Waals surface area contributed by atoms with E-state index in [0.717, 1.165) is 22.2 Å². The van der Waals surface area contributed by atoms with E-state index in [1.54, 1.807) is 6.07 Å². The fourth-order valence-electron chi connectivity index (χ4n) is 2.74. The van der Waals surface area contributed by atoms with Crippen LogP contribution in [-0.4, -0.2) is 21.3 Å². The lowest BCUT2D eigenvalue weighted by Crippen LogP contribution is -2.16. The summed E-state index contributed by atoms with van der Waals surface area (Å²) < 4.78 is 40.5. The fraction of sp³-hybridized carbons (Fsp3) is 0.0526. The molecule has 0 bridgehead atoms. The molecule has 0 aliphatic rings. The van der Waals surface area contributed by atoms with Crippen LogP contribution in [0.15, 0.2) is 67.1 Å². The van der Waals surface area contributed by atoms with E-state index >= 15 is 0 Å². The highest BCUT2D eigenvalue weighted by molar-refractivity contribution is 5.94. The van der Waals surface area contributed by atoms with Gasteiger partial charge in [0.2, 0.25) is 0 Å². The molecule has 136 valence electrons. The molecule has 0 unspecified atom stereocenters. The Bertz CT molecular complexity index is 1070. The normalized spacial score (nSPS) is 11.5. The Hall–Kier alpha value is -3.55. The minimum Gasteiger partial charge on any atom is -0.406 e. The van der Waals surface area contributed by atoms with Crippen molar-refractivity contribution in [3.05, 3.63) is 67.1 Å². The Balaban J connectivity index is 1.56. The Morgan fingerprint density at radius 2 is 1.74 bits per heavy atom. The van der Waals surface area contributed by atoms with Crippen LogP contribution in [0, 0.1) is 0 Å². The van der Waals surface area contributed by atoms with Crippen LogP contribution in [-0.2, 0) is 0 Å². The zero-order valence-corrected chi connectivity index (χ0v) is 13.8. The van der Waals surface area contributed by atoms with Gasteiger partial charge in [0, 0.05) is 34.4 Å². The number of hydrogen-bond acceptors (Lipinski definition) is 4. The molecule has 0 spiro atoms. The Labute approximate surface area is 151 Å². The second kappa shape index (κ2) is 6.64. The van der Waals surface area contributed by atoms with E-state index in [1.165, 1.54) is 30.6 Å². The van der Waals surface area contributed by atoms with Gasteiger partial charge in [-0.2, -0.15) is 0 Å². The van der Waals surface area contributed by atoms with E-state index in [-0.39, 0.29) is 5.75 Å². The first-order chi connectivity index (χ1) is 13.0.